The molecule has 214 valence electrons. The molecule has 0 radical (unpaired) electrons. The van der Waals surface area contributed by atoms with E-state index in [0.717, 1.165) is 12.8 Å². The van der Waals surface area contributed by atoms with E-state index in [1.807, 2.05) is 13.8 Å². The van der Waals surface area contributed by atoms with Crippen LogP contribution in [0, 0.1) is 35.0 Å². The fraction of sp³-hybridized carbons (Fsp3) is 0.714. The van der Waals surface area contributed by atoms with Crippen LogP contribution in [0.2, 0.25) is 0 Å². The molecule has 0 bridgehead atoms. The van der Waals surface area contributed by atoms with E-state index < -0.39 is 18.1 Å². The van der Waals surface area contributed by atoms with Crippen LogP contribution >= 0.6 is 0 Å². The summed E-state index contributed by atoms with van der Waals surface area (Å²) >= 11 is 0. The lowest BCUT2D eigenvalue weighted by Crippen LogP contribution is -2.42. The molecule has 0 spiro atoms. The number of nitrogens with one attached hydrogen (secondary N) is 2. The summed E-state index contributed by atoms with van der Waals surface area (Å²) in [5.41, 5.74) is 6.84. The first-order valence-corrected chi connectivity index (χ1v) is 13.7. The fourth-order valence-corrected chi connectivity index (χ4v) is 5.20. The molecule has 0 fully saturated rings. The van der Waals surface area contributed by atoms with Gasteiger partial charge in [-0.1, -0.05) is 45.9 Å². The maximum absolute atomic E-state index is 12.6. The second-order valence-electron chi connectivity index (χ2n) is 11.2. The van der Waals surface area contributed by atoms with Crippen molar-refractivity contribution in [1.29, 1.82) is 5.41 Å². The minimum Gasteiger partial charge on any atom is -0.461 e. The Morgan fingerprint density at radius 1 is 1.29 bits per heavy atom. The predicted molar refractivity (Wildman–Crippen MR) is 148 cm³/mol. The molecule has 2 rings (SSSR count). The summed E-state index contributed by atoms with van der Waals surface area (Å²) in [5.74, 6) is -0.356. The van der Waals surface area contributed by atoms with Crippen molar-refractivity contribution in [3.63, 3.8) is 0 Å². The predicted octanol–water partition coefficient (Wildman–Crippen LogP) is 2.56. The maximum Gasteiger partial charge on any atom is 0.308 e. The van der Waals surface area contributed by atoms with Crippen LogP contribution in [0.15, 0.2) is 28.8 Å². The number of hydrogen-bond donors (Lipinski definition) is 5. The minimum atomic E-state index is -1.05. The zero-order valence-corrected chi connectivity index (χ0v) is 23.7. The molecule has 0 saturated carbocycles. The van der Waals surface area contributed by atoms with Crippen LogP contribution in [0.5, 0.6) is 0 Å². The average Bonchev–Trinajstić information content (AvgIpc) is 2.82. The summed E-state index contributed by atoms with van der Waals surface area (Å²) in [6.45, 7) is 8.16. The Kier molecular flexibility index (Phi) is 12.0. The van der Waals surface area contributed by atoms with E-state index >= 15 is 0 Å². The molecule has 6 N–H and O–H groups in total. The Hall–Kier alpha value is -2.72. The van der Waals surface area contributed by atoms with Crippen molar-refractivity contribution in [3.8, 4) is 0 Å². The molecule has 2 aliphatic rings. The normalized spacial score (nSPS) is 27.4. The highest BCUT2D eigenvalue weighted by atomic mass is 16.5. The molecule has 8 atom stereocenters. The van der Waals surface area contributed by atoms with Gasteiger partial charge in [-0.05, 0) is 55.4 Å². The number of allylic oxidation sites excluding steroid dienone is 3. The van der Waals surface area contributed by atoms with Gasteiger partial charge in [0.2, 0.25) is 17.8 Å². The van der Waals surface area contributed by atoms with E-state index in [9.17, 15) is 19.8 Å². The number of esters is 1. The largest absolute Gasteiger partial charge is 0.461 e. The molecule has 0 aromatic heterocycles. The number of carbonyl (C=O) groups excluding carboxylic acids is 2. The third-order valence-corrected chi connectivity index (χ3v) is 7.59. The molecular weight excluding hydrogens is 486 g/mol. The number of nitrogens with two attached hydrogens (primary N) is 1. The van der Waals surface area contributed by atoms with Crippen LogP contribution in [-0.2, 0) is 14.3 Å². The number of ether oxygens (including phenoxy) is 1. The average molecular weight is 534 g/mol. The number of aliphatic hydroxyl groups is 2. The van der Waals surface area contributed by atoms with E-state index in [-0.39, 0.29) is 60.5 Å². The van der Waals surface area contributed by atoms with Crippen LogP contribution in [0.1, 0.15) is 66.2 Å². The number of amides is 1. The van der Waals surface area contributed by atoms with Crippen molar-refractivity contribution in [1.82, 2.24) is 10.2 Å². The van der Waals surface area contributed by atoms with Crippen molar-refractivity contribution >= 4 is 23.8 Å². The lowest BCUT2D eigenvalue weighted by molar-refractivity contribution is -0.158. The summed E-state index contributed by atoms with van der Waals surface area (Å²) in [4.78, 5) is 30.0. The number of rotatable bonds is 10. The van der Waals surface area contributed by atoms with Gasteiger partial charge in [-0.3, -0.25) is 20.3 Å². The standard InChI is InChI=1S/C28H47N5O5/c1-7-17(3)26(37)38-23-13-16(2)12-19-9-8-18(4)22(25(19)23)11-10-20(34)14-21(35)15-24(36)31-27(29)32-28(30)33(5)6/h8-9,12,16-18,20-23,25,34-35H,7,10-11,13-15H2,1-6H3,(H4,29,30,31,32,36)/t16-,17-,18-,20+,21+,22-,23-,25-/m0/s1. The van der Waals surface area contributed by atoms with Gasteiger partial charge in [0, 0.05) is 20.0 Å². The lowest BCUT2D eigenvalue weighted by atomic mass is 9.65. The molecule has 0 heterocycles. The molecule has 0 aliphatic heterocycles. The van der Waals surface area contributed by atoms with E-state index in [1.165, 1.54) is 10.5 Å². The van der Waals surface area contributed by atoms with E-state index in [2.05, 4.69) is 42.4 Å². The first-order valence-electron chi connectivity index (χ1n) is 13.7. The first-order chi connectivity index (χ1) is 17.8. The van der Waals surface area contributed by atoms with Gasteiger partial charge >= 0.3 is 5.97 Å². The quantitative estimate of drug-likeness (QED) is 0.164. The molecule has 0 saturated heterocycles. The van der Waals surface area contributed by atoms with Gasteiger partial charge < -0.3 is 25.6 Å². The highest BCUT2D eigenvalue weighted by molar-refractivity contribution is 6.01. The monoisotopic (exact) mass is 533 g/mol. The van der Waals surface area contributed by atoms with Crippen LogP contribution in [0.4, 0.5) is 0 Å². The number of aliphatic imine (C=N–C) groups is 1. The van der Waals surface area contributed by atoms with Crippen LogP contribution in [-0.4, -0.2) is 71.3 Å². The molecule has 0 aromatic rings. The molecule has 2 aliphatic carbocycles. The van der Waals surface area contributed by atoms with Crippen molar-refractivity contribution < 1.29 is 24.5 Å². The van der Waals surface area contributed by atoms with Crippen molar-refractivity contribution in [2.24, 2.45) is 40.3 Å². The number of hydrogen-bond acceptors (Lipinski definition) is 6. The van der Waals surface area contributed by atoms with Gasteiger partial charge in [-0.2, -0.15) is 4.99 Å². The Labute approximate surface area is 226 Å². The molecule has 10 nitrogen and oxygen atoms in total. The third-order valence-electron chi connectivity index (χ3n) is 7.59. The van der Waals surface area contributed by atoms with Gasteiger partial charge in [-0.15, -0.1) is 0 Å². The Morgan fingerprint density at radius 3 is 2.61 bits per heavy atom. The highest BCUT2D eigenvalue weighted by Crippen LogP contribution is 2.45. The lowest BCUT2D eigenvalue weighted by Gasteiger charge is -2.43. The van der Waals surface area contributed by atoms with E-state index in [1.54, 1.807) is 14.1 Å². The summed E-state index contributed by atoms with van der Waals surface area (Å²) in [6, 6.07) is 0. The van der Waals surface area contributed by atoms with Gasteiger partial charge in [0.1, 0.15) is 6.10 Å². The van der Waals surface area contributed by atoms with Gasteiger partial charge in [0.15, 0.2) is 0 Å². The van der Waals surface area contributed by atoms with Crippen LogP contribution in [0.25, 0.3) is 0 Å². The molecule has 0 aromatic carbocycles. The molecule has 38 heavy (non-hydrogen) atoms. The van der Waals surface area contributed by atoms with Crippen LogP contribution < -0.4 is 11.1 Å². The van der Waals surface area contributed by atoms with E-state index in [0.29, 0.717) is 18.8 Å². The number of carbonyl (C=O) groups is 2. The number of fused-ring (bicyclic) bond motifs is 1. The Balaban J connectivity index is 1.96. The maximum atomic E-state index is 12.6. The van der Waals surface area contributed by atoms with Crippen molar-refractivity contribution in [2.75, 3.05) is 14.1 Å². The Morgan fingerprint density at radius 2 is 1.97 bits per heavy atom. The molecular formula is C28H47N5O5. The second-order valence-corrected chi connectivity index (χ2v) is 11.2. The third kappa shape index (κ3) is 9.23. The highest BCUT2D eigenvalue weighted by Gasteiger charge is 2.41. The Bertz CT molecular complexity index is 931. The number of aliphatic hydroxyl groups excluding tert-OH is 2. The molecule has 0 unspecified atom stereocenters. The zero-order valence-electron chi connectivity index (χ0n) is 23.7. The molecule has 10 heteroatoms. The zero-order chi connectivity index (χ0) is 28.6. The fourth-order valence-electron chi connectivity index (χ4n) is 5.20. The second kappa shape index (κ2) is 14.4. The number of guanidine groups is 2. The topological polar surface area (TPSA) is 161 Å². The number of nitrogens with zero attached hydrogens (tertiary/aromatic N) is 2. The summed E-state index contributed by atoms with van der Waals surface area (Å²) in [7, 11) is 3.25. The van der Waals surface area contributed by atoms with Gasteiger partial charge in [0.25, 0.3) is 0 Å². The van der Waals surface area contributed by atoms with Crippen molar-refractivity contribution in [2.45, 2.75) is 84.5 Å². The van der Waals surface area contributed by atoms with Gasteiger partial charge in [0.05, 0.1) is 24.5 Å². The first kappa shape index (κ1) is 31.5. The van der Waals surface area contributed by atoms with Crippen molar-refractivity contribution in [3.05, 3.63) is 23.8 Å². The molecule has 1 amide bonds. The van der Waals surface area contributed by atoms with Crippen LogP contribution in [0.3, 0.4) is 0 Å². The van der Waals surface area contributed by atoms with Gasteiger partial charge in [-0.25, -0.2) is 0 Å². The summed E-state index contributed by atoms with van der Waals surface area (Å²) in [5, 5.41) is 31.0. The minimum absolute atomic E-state index is 0.0474. The smallest absolute Gasteiger partial charge is 0.308 e. The SMILES string of the molecule is CC[C@H](C)C(=O)O[C@H]1C[C@@H](C)C=C2C=C[C@H](C)[C@H](CC[C@@H](O)C[C@@H](O)CC(=O)N/C(N)=N/C(=N)N(C)C)[C@H]21. The van der Waals surface area contributed by atoms with E-state index in [4.69, 9.17) is 15.9 Å². The summed E-state index contributed by atoms with van der Waals surface area (Å²) in [6.07, 6.45) is 7.04. The summed E-state index contributed by atoms with van der Waals surface area (Å²) < 4.78 is 6.05.